The van der Waals surface area contributed by atoms with Crippen LogP contribution in [0.1, 0.15) is 18.0 Å². The summed E-state index contributed by atoms with van der Waals surface area (Å²) in [6.45, 7) is 1.73. The first-order chi connectivity index (χ1) is 8.90. The van der Waals surface area contributed by atoms with Gasteiger partial charge in [0.1, 0.15) is 5.01 Å². The molecule has 0 radical (unpaired) electrons. The molecule has 0 bridgehead atoms. The van der Waals surface area contributed by atoms with E-state index in [1.807, 2.05) is 0 Å². The van der Waals surface area contributed by atoms with Crippen molar-refractivity contribution in [2.24, 2.45) is 0 Å². The van der Waals surface area contributed by atoms with Crippen LogP contribution in [0.3, 0.4) is 0 Å². The molecule has 5 nitrogen and oxygen atoms in total. The zero-order chi connectivity index (χ0) is 14.0. The van der Waals surface area contributed by atoms with E-state index in [9.17, 15) is 8.42 Å². The second-order valence-corrected chi connectivity index (χ2v) is 6.94. The summed E-state index contributed by atoms with van der Waals surface area (Å²) in [6, 6.07) is 3.80. The molecule has 0 aliphatic rings. The third-order valence-corrected chi connectivity index (χ3v) is 5.26. The second kappa shape index (κ2) is 5.46. The molecule has 102 valence electrons. The molecule has 0 amide bonds. The molecule has 1 atom stereocenters. The van der Waals surface area contributed by atoms with Gasteiger partial charge in [0, 0.05) is 11.6 Å². The van der Waals surface area contributed by atoms with Crippen LogP contribution < -0.4 is 10.5 Å². The van der Waals surface area contributed by atoms with Crippen molar-refractivity contribution >= 4 is 38.6 Å². The number of nitrogens with two attached hydrogens (primary N) is 1. The van der Waals surface area contributed by atoms with Crippen LogP contribution in [-0.4, -0.2) is 13.4 Å². The number of nitrogens with zero attached hydrogens (tertiary/aromatic N) is 1. The smallest absolute Gasteiger partial charge is 0.241 e. The van der Waals surface area contributed by atoms with E-state index in [0.29, 0.717) is 10.7 Å². The van der Waals surface area contributed by atoms with Crippen LogP contribution in [0.5, 0.6) is 0 Å². The summed E-state index contributed by atoms with van der Waals surface area (Å²) < 4.78 is 26.9. The van der Waals surface area contributed by atoms with Gasteiger partial charge in [-0.25, -0.2) is 18.1 Å². The van der Waals surface area contributed by atoms with Gasteiger partial charge in [0.15, 0.2) is 0 Å². The number of aromatic nitrogens is 1. The summed E-state index contributed by atoms with van der Waals surface area (Å²) in [5.74, 6) is 0. The molecule has 3 N–H and O–H groups in total. The van der Waals surface area contributed by atoms with Crippen LogP contribution in [-0.2, 0) is 10.0 Å². The minimum absolute atomic E-state index is 0.0788. The van der Waals surface area contributed by atoms with Crippen LogP contribution in [0.15, 0.2) is 34.7 Å². The lowest BCUT2D eigenvalue weighted by molar-refractivity contribution is 0.566. The molecule has 2 rings (SSSR count). The highest BCUT2D eigenvalue weighted by Gasteiger charge is 2.20. The Morgan fingerprint density at radius 2 is 2.21 bits per heavy atom. The van der Waals surface area contributed by atoms with Crippen molar-refractivity contribution in [2.75, 3.05) is 5.73 Å². The average Bonchev–Trinajstić information content (AvgIpc) is 2.85. The molecule has 8 heteroatoms. The number of benzene rings is 1. The third kappa shape index (κ3) is 3.24. The predicted octanol–water partition coefficient (Wildman–Crippen LogP) is 2.42. The number of nitrogen functional groups attached to an aromatic ring is 1. The average molecular weight is 318 g/mol. The SMILES string of the molecule is CC(NS(=O)(=O)c1ccc(N)c(Cl)c1)c1nccs1. The second-order valence-electron chi connectivity index (χ2n) is 3.90. The number of hydrogen-bond acceptors (Lipinski definition) is 5. The molecule has 0 saturated heterocycles. The van der Waals surface area contributed by atoms with E-state index >= 15 is 0 Å². The minimum Gasteiger partial charge on any atom is -0.398 e. The van der Waals surface area contributed by atoms with E-state index in [1.165, 1.54) is 29.5 Å². The first-order valence-electron chi connectivity index (χ1n) is 5.37. The summed E-state index contributed by atoms with van der Waals surface area (Å²) in [5.41, 5.74) is 5.90. The van der Waals surface area contributed by atoms with Gasteiger partial charge in [-0.1, -0.05) is 11.6 Å². The lowest BCUT2D eigenvalue weighted by atomic mass is 10.3. The van der Waals surface area contributed by atoms with E-state index in [0.717, 1.165) is 0 Å². The molecular formula is C11H12ClN3O2S2. The number of nitrogens with one attached hydrogen (secondary N) is 1. The Morgan fingerprint density at radius 3 is 2.79 bits per heavy atom. The number of halogens is 1. The zero-order valence-corrected chi connectivity index (χ0v) is 12.4. The number of rotatable bonds is 4. The van der Waals surface area contributed by atoms with E-state index in [2.05, 4.69) is 9.71 Å². The van der Waals surface area contributed by atoms with Crippen molar-refractivity contribution in [1.29, 1.82) is 0 Å². The van der Waals surface area contributed by atoms with Gasteiger partial charge in [0.2, 0.25) is 10.0 Å². The molecule has 1 heterocycles. The highest BCUT2D eigenvalue weighted by Crippen LogP contribution is 2.24. The van der Waals surface area contributed by atoms with Gasteiger partial charge in [-0.3, -0.25) is 0 Å². The first kappa shape index (κ1) is 14.3. The van der Waals surface area contributed by atoms with Crippen LogP contribution >= 0.6 is 22.9 Å². The van der Waals surface area contributed by atoms with Gasteiger partial charge in [0.05, 0.1) is 21.6 Å². The quantitative estimate of drug-likeness (QED) is 0.848. The van der Waals surface area contributed by atoms with E-state index in [4.69, 9.17) is 17.3 Å². The Morgan fingerprint density at radius 1 is 1.47 bits per heavy atom. The van der Waals surface area contributed by atoms with E-state index < -0.39 is 16.1 Å². The lowest BCUT2D eigenvalue weighted by Crippen LogP contribution is -2.26. The number of sulfonamides is 1. The summed E-state index contributed by atoms with van der Waals surface area (Å²) in [7, 11) is -3.65. The lowest BCUT2D eigenvalue weighted by Gasteiger charge is -2.12. The topological polar surface area (TPSA) is 85.1 Å². The predicted molar refractivity (Wildman–Crippen MR) is 76.7 cm³/mol. The Kier molecular flexibility index (Phi) is 4.10. The molecule has 19 heavy (non-hydrogen) atoms. The number of thiazole rings is 1. The highest BCUT2D eigenvalue weighted by molar-refractivity contribution is 7.89. The fraction of sp³-hybridized carbons (Fsp3) is 0.182. The molecule has 0 aliphatic heterocycles. The molecule has 1 unspecified atom stereocenters. The van der Waals surface area contributed by atoms with Crippen LogP contribution in [0.2, 0.25) is 5.02 Å². The monoisotopic (exact) mass is 317 g/mol. The van der Waals surface area contributed by atoms with Crippen molar-refractivity contribution in [3.8, 4) is 0 Å². The van der Waals surface area contributed by atoms with Crippen LogP contribution in [0, 0.1) is 0 Å². The molecule has 1 aromatic heterocycles. The number of hydrogen-bond donors (Lipinski definition) is 2. The maximum atomic E-state index is 12.2. The van der Waals surface area contributed by atoms with Gasteiger partial charge >= 0.3 is 0 Å². The maximum Gasteiger partial charge on any atom is 0.241 e. The fourth-order valence-electron chi connectivity index (χ4n) is 1.47. The standard InChI is InChI=1S/C11H12ClN3O2S2/c1-7(11-14-4-5-18-11)15-19(16,17)8-2-3-10(13)9(12)6-8/h2-7,15H,13H2,1H3. The Labute approximate surface area is 120 Å². The molecule has 0 spiro atoms. The van der Waals surface area contributed by atoms with Crippen molar-refractivity contribution in [3.05, 3.63) is 39.8 Å². The van der Waals surface area contributed by atoms with E-state index in [1.54, 1.807) is 18.5 Å². The summed E-state index contributed by atoms with van der Waals surface area (Å²) in [4.78, 5) is 4.15. The highest BCUT2D eigenvalue weighted by atomic mass is 35.5. The van der Waals surface area contributed by atoms with Crippen LogP contribution in [0.4, 0.5) is 5.69 Å². The Balaban J connectivity index is 2.25. The Bertz CT molecular complexity index is 671. The van der Waals surface area contributed by atoms with Gasteiger partial charge in [0.25, 0.3) is 0 Å². The summed E-state index contributed by atoms with van der Waals surface area (Å²) in [5, 5.41) is 2.70. The van der Waals surface area contributed by atoms with Gasteiger partial charge < -0.3 is 5.73 Å². The molecule has 0 saturated carbocycles. The fourth-order valence-corrected chi connectivity index (χ4v) is 3.67. The molecule has 1 aromatic carbocycles. The molecular weight excluding hydrogens is 306 g/mol. The van der Waals surface area contributed by atoms with Crippen molar-refractivity contribution in [3.63, 3.8) is 0 Å². The minimum atomic E-state index is -3.65. The van der Waals surface area contributed by atoms with E-state index in [-0.39, 0.29) is 9.92 Å². The summed E-state index contributed by atoms with van der Waals surface area (Å²) in [6.07, 6.45) is 1.63. The maximum absolute atomic E-state index is 12.2. The molecule has 0 fully saturated rings. The summed E-state index contributed by atoms with van der Waals surface area (Å²) >= 11 is 7.22. The van der Waals surface area contributed by atoms with Crippen molar-refractivity contribution < 1.29 is 8.42 Å². The normalized spacial score (nSPS) is 13.4. The van der Waals surface area contributed by atoms with Crippen molar-refractivity contribution in [2.45, 2.75) is 17.9 Å². The molecule has 0 aliphatic carbocycles. The van der Waals surface area contributed by atoms with Gasteiger partial charge in [-0.05, 0) is 25.1 Å². The first-order valence-corrected chi connectivity index (χ1v) is 8.11. The van der Waals surface area contributed by atoms with Gasteiger partial charge in [-0.2, -0.15) is 0 Å². The van der Waals surface area contributed by atoms with Gasteiger partial charge in [-0.15, -0.1) is 11.3 Å². The van der Waals surface area contributed by atoms with Crippen molar-refractivity contribution in [1.82, 2.24) is 9.71 Å². The third-order valence-electron chi connectivity index (χ3n) is 2.44. The number of anilines is 1. The molecule has 2 aromatic rings. The van der Waals surface area contributed by atoms with Crippen LogP contribution in [0.25, 0.3) is 0 Å². The zero-order valence-electron chi connectivity index (χ0n) is 10.00. The Hall–Kier alpha value is -1.15. The largest absolute Gasteiger partial charge is 0.398 e.